The van der Waals surface area contributed by atoms with Crippen LogP contribution in [0.1, 0.15) is 62.6 Å². The Hall–Kier alpha value is -4.34. The molecule has 10 heteroatoms. The maximum absolute atomic E-state index is 15.2. The molecule has 2 nitrogen and oxygen atoms in total. The van der Waals surface area contributed by atoms with Gasteiger partial charge in [0.1, 0.15) is 17.3 Å². The molecule has 0 saturated heterocycles. The number of hydrogen-bond acceptors (Lipinski definition) is 2. The summed E-state index contributed by atoms with van der Waals surface area (Å²) in [7, 11) is 0. The predicted molar refractivity (Wildman–Crippen MR) is 184 cm³/mol. The fourth-order valence-corrected chi connectivity index (χ4v) is 9.21. The highest BCUT2D eigenvalue weighted by molar-refractivity contribution is 5.45. The van der Waals surface area contributed by atoms with Gasteiger partial charge in [-0.25, -0.2) is 22.0 Å². The van der Waals surface area contributed by atoms with Crippen LogP contribution in [0.4, 0.5) is 35.1 Å². The Bertz CT molecular complexity index is 2020. The van der Waals surface area contributed by atoms with Crippen molar-refractivity contribution < 1.29 is 44.6 Å². The molecule has 8 unspecified atom stereocenters. The van der Waals surface area contributed by atoms with Gasteiger partial charge in [-0.15, -0.1) is 0 Å². The van der Waals surface area contributed by atoms with E-state index in [1.54, 1.807) is 24.3 Å². The minimum absolute atomic E-state index is 0.0146. The molecule has 53 heavy (non-hydrogen) atoms. The zero-order valence-electron chi connectivity index (χ0n) is 29.1. The number of halogens is 8. The van der Waals surface area contributed by atoms with E-state index in [0.29, 0.717) is 23.0 Å². The predicted octanol–water partition coefficient (Wildman–Crippen LogP) is 12.4. The van der Waals surface area contributed by atoms with Crippen molar-refractivity contribution in [2.75, 3.05) is 0 Å². The van der Waals surface area contributed by atoms with E-state index in [2.05, 4.69) is 12.2 Å². The molecular weight excluding hydrogens is 700 g/mol. The first-order chi connectivity index (χ1) is 25.3. The fourth-order valence-electron chi connectivity index (χ4n) is 9.21. The van der Waals surface area contributed by atoms with Gasteiger partial charge in [-0.05, 0) is 109 Å². The molecule has 0 spiro atoms. The van der Waals surface area contributed by atoms with Crippen LogP contribution in [0, 0.1) is 64.7 Å². The first-order valence-corrected chi connectivity index (χ1v) is 18.2. The van der Waals surface area contributed by atoms with Crippen LogP contribution in [-0.4, -0.2) is 6.17 Å². The molecule has 278 valence electrons. The van der Waals surface area contributed by atoms with Crippen LogP contribution in [0.5, 0.6) is 17.2 Å². The lowest BCUT2D eigenvalue weighted by Crippen LogP contribution is -2.28. The number of hydrogen-bond donors (Lipinski definition) is 0. The molecule has 0 heterocycles. The molecule has 2 fully saturated rings. The second kappa shape index (κ2) is 13.5. The zero-order chi connectivity index (χ0) is 37.3. The summed E-state index contributed by atoms with van der Waals surface area (Å²) in [5, 5.41) is 0. The second-order valence-corrected chi connectivity index (χ2v) is 15.8. The molecule has 0 N–H and O–H groups in total. The van der Waals surface area contributed by atoms with E-state index in [0.717, 1.165) is 25.7 Å². The Morgan fingerprint density at radius 3 is 1.60 bits per heavy atom. The SMILES string of the molecule is CC(C)(c1ccc(OC2=C(F)C(F)C(CC3CC4C=CC3C4)C(F)=C2F)cc1)c1ccc(Oc2c(F)c(F)c(CC3CC4C=CC3C4)c(F)c2F)cc1. The maximum atomic E-state index is 15.2. The number of ether oxygens (including phenoxy) is 2. The van der Waals surface area contributed by atoms with Crippen LogP contribution in [0.15, 0.2) is 96.1 Å². The zero-order valence-corrected chi connectivity index (χ0v) is 29.1. The first kappa shape index (κ1) is 35.7. The summed E-state index contributed by atoms with van der Waals surface area (Å²) in [4.78, 5) is 0. The lowest BCUT2D eigenvalue weighted by Gasteiger charge is -2.29. The van der Waals surface area contributed by atoms with Gasteiger partial charge >= 0.3 is 0 Å². The van der Waals surface area contributed by atoms with Crippen LogP contribution in [0.3, 0.4) is 0 Å². The number of allylic oxidation sites excluding steroid dienone is 7. The largest absolute Gasteiger partial charge is 0.451 e. The van der Waals surface area contributed by atoms with Crippen LogP contribution in [0.25, 0.3) is 0 Å². The van der Waals surface area contributed by atoms with E-state index in [-0.39, 0.29) is 48.0 Å². The van der Waals surface area contributed by atoms with Gasteiger partial charge in [-0.1, -0.05) is 62.4 Å². The van der Waals surface area contributed by atoms with Crippen molar-refractivity contribution >= 4 is 0 Å². The molecule has 8 atom stereocenters. The maximum Gasteiger partial charge on any atom is 0.204 e. The molecular formula is C43H38F8O2. The summed E-state index contributed by atoms with van der Waals surface area (Å²) < 4.78 is 132. The number of rotatable bonds is 10. The molecule has 4 bridgehead atoms. The van der Waals surface area contributed by atoms with Crippen molar-refractivity contribution in [3.05, 3.63) is 136 Å². The summed E-state index contributed by atoms with van der Waals surface area (Å²) in [5.74, 6) is -13.5. The van der Waals surface area contributed by atoms with Gasteiger partial charge in [-0.2, -0.15) is 13.2 Å². The van der Waals surface area contributed by atoms with Crippen molar-refractivity contribution in [2.24, 2.45) is 41.4 Å². The monoisotopic (exact) mass is 738 g/mol. The molecule has 5 aliphatic rings. The van der Waals surface area contributed by atoms with E-state index >= 15 is 35.1 Å². The van der Waals surface area contributed by atoms with Gasteiger partial charge in [-0.3, -0.25) is 0 Å². The Kier molecular flexibility index (Phi) is 9.09. The second-order valence-electron chi connectivity index (χ2n) is 15.8. The summed E-state index contributed by atoms with van der Waals surface area (Å²) in [5.41, 5.74) is 0.105. The van der Waals surface area contributed by atoms with Gasteiger partial charge < -0.3 is 9.47 Å². The Balaban J connectivity index is 0.937. The third-order valence-corrected chi connectivity index (χ3v) is 12.3. The fraction of sp³-hybridized carbons (Fsp3) is 0.395. The van der Waals surface area contributed by atoms with Crippen molar-refractivity contribution in [1.29, 1.82) is 0 Å². The van der Waals surface area contributed by atoms with Gasteiger partial charge in [0.2, 0.25) is 17.4 Å². The molecule has 0 aliphatic heterocycles. The van der Waals surface area contributed by atoms with E-state index in [9.17, 15) is 0 Å². The summed E-state index contributed by atoms with van der Waals surface area (Å²) in [6.07, 6.45) is 9.00. The summed E-state index contributed by atoms with van der Waals surface area (Å²) in [6, 6.07) is 12.2. The average molecular weight is 739 g/mol. The summed E-state index contributed by atoms with van der Waals surface area (Å²) >= 11 is 0. The highest BCUT2D eigenvalue weighted by Crippen LogP contribution is 2.50. The van der Waals surface area contributed by atoms with Crippen molar-refractivity contribution in [2.45, 2.75) is 64.0 Å². The topological polar surface area (TPSA) is 18.5 Å². The Morgan fingerprint density at radius 1 is 0.604 bits per heavy atom. The number of alkyl halides is 1. The molecule has 0 amide bonds. The van der Waals surface area contributed by atoms with Gasteiger partial charge in [0, 0.05) is 11.0 Å². The minimum Gasteiger partial charge on any atom is -0.451 e. The molecule has 8 rings (SSSR count). The normalized spacial score (nSPS) is 28.9. The van der Waals surface area contributed by atoms with E-state index in [4.69, 9.17) is 9.47 Å². The third kappa shape index (κ3) is 6.29. The third-order valence-electron chi connectivity index (χ3n) is 12.3. The van der Waals surface area contributed by atoms with Crippen molar-refractivity contribution in [1.82, 2.24) is 0 Å². The van der Waals surface area contributed by atoms with Gasteiger partial charge in [0.25, 0.3) is 0 Å². The minimum atomic E-state index is -2.36. The van der Waals surface area contributed by atoms with E-state index in [1.807, 2.05) is 26.0 Å². The molecule has 3 aromatic rings. The molecule has 5 aliphatic carbocycles. The van der Waals surface area contributed by atoms with Crippen LogP contribution in [-0.2, 0) is 11.8 Å². The Morgan fingerprint density at radius 2 is 1.11 bits per heavy atom. The van der Waals surface area contributed by atoms with E-state index in [1.165, 1.54) is 24.3 Å². The van der Waals surface area contributed by atoms with Gasteiger partial charge in [0.15, 0.2) is 35.2 Å². The van der Waals surface area contributed by atoms with Crippen LogP contribution >= 0.6 is 0 Å². The van der Waals surface area contributed by atoms with E-state index < -0.39 is 75.3 Å². The molecule has 3 aromatic carbocycles. The number of benzene rings is 3. The lowest BCUT2D eigenvalue weighted by atomic mass is 9.78. The smallest absolute Gasteiger partial charge is 0.204 e. The summed E-state index contributed by atoms with van der Waals surface area (Å²) in [6.45, 7) is 3.74. The van der Waals surface area contributed by atoms with Crippen LogP contribution < -0.4 is 9.47 Å². The van der Waals surface area contributed by atoms with Crippen LogP contribution in [0.2, 0.25) is 0 Å². The standard InChI is InChI=1S/C43H38F8O2/c1-43(2,27-7-11-29(12-8-27)52-41-37(48)33(44)31(34(45)38(41)49)19-25-17-21-3-5-23(25)15-21)28-9-13-30(14-10-28)53-42-39(50)35(46)32(36(47)40(42)51)20-26-18-22-4-6-24(26)16-22/h3-14,21-26,31,33H,15-20H2,1-2H3. The Labute approximate surface area is 302 Å². The molecule has 0 aromatic heterocycles. The van der Waals surface area contributed by atoms with Crippen molar-refractivity contribution in [3.8, 4) is 17.2 Å². The lowest BCUT2D eigenvalue weighted by molar-refractivity contribution is 0.166. The average Bonchev–Trinajstić information content (AvgIpc) is 3.98. The quantitative estimate of drug-likeness (QED) is 0.117. The van der Waals surface area contributed by atoms with Gasteiger partial charge in [0.05, 0.1) is 5.92 Å². The molecule has 0 radical (unpaired) electrons. The van der Waals surface area contributed by atoms with Crippen molar-refractivity contribution in [3.63, 3.8) is 0 Å². The highest BCUT2D eigenvalue weighted by atomic mass is 19.2. The number of fused-ring (bicyclic) bond motifs is 4. The first-order valence-electron chi connectivity index (χ1n) is 18.2. The molecule has 2 saturated carbocycles. The highest BCUT2D eigenvalue weighted by Gasteiger charge is 2.45.